The quantitative estimate of drug-likeness (QED) is 0.100. The molecule has 0 unspecified atom stereocenters. The molecule has 1 fully saturated rings. The number of anilines is 2. The fourth-order valence-electron chi connectivity index (χ4n) is 4.19. The zero-order valence-electron chi connectivity index (χ0n) is 22.1. The molecule has 1 aromatic heterocycles. The van der Waals surface area contributed by atoms with E-state index in [9.17, 15) is 9.59 Å². The SMILES string of the molecule is C/C=C(\CCC/C=C\CC(=N)N1CCCCC1)C(=O)Nc1ccc(OC)cc1C(=O)Nc1ccc(Cl)cn1. The average Bonchev–Trinajstić information content (AvgIpc) is 2.94. The van der Waals surface area contributed by atoms with Gasteiger partial charge in [-0.2, -0.15) is 0 Å². The molecule has 1 aromatic carbocycles. The number of unbranched alkanes of at least 4 members (excludes halogenated alkanes) is 1. The summed E-state index contributed by atoms with van der Waals surface area (Å²) in [6.45, 7) is 3.81. The van der Waals surface area contributed by atoms with Gasteiger partial charge in [-0.1, -0.05) is 29.8 Å². The van der Waals surface area contributed by atoms with Gasteiger partial charge in [-0.3, -0.25) is 15.0 Å². The molecule has 38 heavy (non-hydrogen) atoms. The van der Waals surface area contributed by atoms with Crippen LogP contribution < -0.4 is 15.4 Å². The van der Waals surface area contributed by atoms with Crippen LogP contribution in [0.15, 0.2) is 60.3 Å². The number of pyridine rings is 1. The van der Waals surface area contributed by atoms with Crippen molar-refractivity contribution < 1.29 is 14.3 Å². The van der Waals surface area contributed by atoms with E-state index in [1.54, 1.807) is 36.4 Å². The number of amides is 2. The third-order valence-electron chi connectivity index (χ3n) is 6.36. The van der Waals surface area contributed by atoms with Crippen molar-refractivity contribution in [3.05, 3.63) is 70.9 Å². The van der Waals surface area contributed by atoms with Gasteiger partial charge in [-0.15, -0.1) is 0 Å². The van der Waals surface area contributed by atoms with Crippen molar-refractivity contribution in [3.8, 4) is 5.75 Å². The highest BCUT2D eigenvalue weighted by atomic mass is 35.5. The molecule has 0 bridgehead atoms. The normalized spacial score (nSPS) is 13.9. The third-order valence-corrected chi connectivity index (χ3v) is 6.58. The highest BCUT2D eigenvalue weighted by molar-refractivity contribution is 6.30. The van der Waals surface area contributed by atoms with E-state index < -0.39 is 5.91 Å². The summed E-state index contributed by atoms with van der Waals surface area (Å²) in [5, 5.41) is 14.3. The number of hydrogen-bond acceptors (Lipinski definition) is 5. The minimum atomic E-state index is -0.434. The fourth-order valence-corrected chi connectivity index (χ4v) is 4.30. The number of hydrogen-bond donors (Lipinski definition) is 3. The second-order valence-corrected chi connectivity index (χ2v) is 9.49. The molecule has 202 valence electrons. The maximum atomic E-state index is 13.0. The van der Waals surface area contributed by atoms with E-state index in [0.717, 1.165) is 25.9 Å². The van der Waals surface area contributed by atoms with Crippen LogP contribution in [0.4, 0.5) is 11.5 Å². The average molecular weight is 538 g/mol. The molecule has 0 saturated carbocycles. The number of likely N-dealkylation sites (tertiary alicyclic amines) is 1. The van der Waals surface area contributed by atoms with E-state index in [1.165, 1.54) is 32.6 Å². The van der Waals surface area contributed by atoms with E-state index in [1.807, 2.05) is 13.0 Å². The van der Waals surface area contributed by atoms with Gasteiger partial charge < -0.3 is 20.3 Å². The number of nitrogens with zero attached hydrogens (tertiary/aromatic N) is 2. The Morgan fingerprint density at radius 3 is 2.61 bits per heavy atom. The molecule has 0 radical (unpaired) electrons. The number of amidine groups is 1. The van der Waals surface area contributed by atoms with Crippen LogP contribution in [0, 0.1) is 5.41 Å². The standard InChI is InChI=1S/C29H36ClN5O3/c1-3-21(11-7-4-5-8-12-26(31)35-17-9-6-10-18-35)28(36)33-25-15-14-23(38-2)19-24(25)29(37)34-27-16-13-22(30)20-32-27/h3,5,8,13-16,19-20,31H,4,6-7,9-12,17-18H2,1-2H3,(H,33,36)(H,32,34,37)/b8-5-,21-3+,31-26?. The lowest BCUT2D eigenvalue weighted by atomic mass is 10.1. The molecular formula is C29H36ClN5O3. The topological polar surface area (TPSA) is 107 Å². The molecule has 2 heterocycles. The maximum absolute atomic E-state index is 13.0. The van der Waals surface area contributed by atoms with Gasteiger partial charge >= 0.3 is 0 Å². The highest BCUT2D eigenvalue weighted by Crippen LogP contribution is 2.24. The first kappa shape index (κ1) is 28.9. The second kappa shape index (κ2) is 14.9. The first-order chi connectivity index (χ1) is 18.4. The lowest BCUT2D eigenvalue weighted by Crippen LogP contribution is -2.34. The van der Waals surface area contributed by atoms with Crippen molar-refractivity contribution in [3.63, 3.8) is 0 Å². The Labute approximate surface area is 229 Å². The lowest BCUT2D eigenvalue weighted by Gasteiger charge is -2.28. The molecule has 0 aliphatic carbocycles. The molecular weight excluding hydrogens is 502 g/mol. The van der Waals surface area contributed by atoms with E-state index in [0.29, 0.717) is 46.5 Å². The van der Waals surface area contributed by atoms with Crippen LogP contribution in [0.3, 0.4) is 0 Å². The minimum absolute atomic E-state index is 0.254. The molecule has 0 atom stereocenters. The van der Waals surface area contributed by atoms with Crippen LogP contribution in [-0.2, 0) is 4.79 Å². The van der Waals surface area contributed by atoms with Crippen LogP contribution in [0.5, 0.6) is 5.75 Å². The summed E-state index contributed by atoms with van der Waals surface area (Å²) in [5.41, 5.74) is 1.27. The summed E-state index contributed by atoms with van der Waals surface area (Å²) in [6, 6.07) is 8.14. The predicted molar refractivity (Wildman–Crippen MR) is 153 cm³/mol. The van der Waals surface area contributed by atoms with Gasteiger partial charge in [0.25, 0.3) is 11.8 Å². The molecule has 3 N–H and O–H groups in total. The van der Waals surface area contributed by atoms with Crippen molar-refractivity contribution in [2.24, 2.45) is 0 Å². The largest absolute Gasteiger partial charge is 0.497 e. The fraction of sp³-hybridized carbons (Fsp3) is 0.379. The van der Waals surface area contributed by atoms with Crippen molar-refractivity contribution in [2.75, 3.05) is 30.8 Å². The molecule has 1 aliphatic rings. The summed E-state index contributed by atoms with van der Waals surface area (Å²) in [4.78, 5) is 32.3. The molecule has 1 saturated heterocycles. The molecule has 9 heteroatoms. The Bertz CT molecular complexity index is 1170. The van der Waals surface area contributed by atoms with Crippen molar-refractivity contribution >= 4 is 40.8 Å². The minimum Gasteiger partial charge on any atom is -0.497 e. The van der Waals surface area contributed by atoms with Gasteiger partial charge in [0, 0.05) is 31.3 Å². The number of benzene rings is 1. The number of methoxy groups -OCH3 is 1. The number of nitrogens with one attached hydrogen (secondary N) is 3. The Kier molecular flexibility index (Phi) is 11.4. The number of allylic oxidation sites excluding steroid dienone is 2. The first-order valence-electron chi connectivity index (χ1n) is 13.0. The predicted octanol–water partition coefficient (Wildman–Crippen LogP) is 6.46. The zero-order valence-corrected chi connectivity index (χ0v) is 22.8. The second-order valence-electron chi connectivity index (χ2n) is 9.06. The summed E-state index contributed by atoms with van der Waals surface area (Å²) in [6.07, 6.45) is 13.8. The van der Waals surface area contributed by atoms with Crippen LogP contribution in [0.25, 0.3) is 0 Å². The summed E-state index contributed by atoms with van der Waals surface area (Å²) in [7, 11) is 1.51. The Balaban J connectivity index is 1.54. The Morgan fingerprint density at radius 2 is 1.92 bits per heavy atom. The summed E-state index contributed by atoms with van der Waals surface area (Å²) >= 11 is 5.88. The number of piperidine rings is 1. The van der Waals surface area contributed by atoms with E-state index in [-0.39, 0.29) is 11.5 Å². The van der Waals surface area contributed by atoms with Gasteiger partial charge in [0.1, 0.15) is 11.6 Å². The third kappa shape index (κ3) is 8.73. The maximum Gasteiger partial charge on any atom is 0.259 e. The monoisotopic (exact) mass is 537 g/mol. The van der Waals surface area contributed by atoms with Gasteiger partial charge in [-0.25, -0.2) is 4.98 Å². The van der Waals surface area contributed by atoms with Crippen molar-refractivity contribution in [2.45, 2.75) is 51.9 Å². The number of carbonyl (C=O) groups is 2. The number of carbonyl (C=O) groups excluding carboxylic acids is 2. The van der Waals surface area contributed by atoms with Crippen molar-refractivity contribution in [1.82, 2.24) is 9.88 Å². The molecule has 1 aliphatic heterocycles. The van der Waals surface area contributed by atoms with Crippen LogP contribution >= 0.6 is 11.6 Å². The van der Waals surface area contributed by atoms with Crippen LogP contribution in [0.1, 0.15) is 62.2 Å². The van der Waals surface area contributed by atoms with E-state index >= 15 is 0 Å². The van der Waals surface area contributed by atoms with Gasteiger partial charge in [0.05, 0.1) is 29.2 Å². The Hall–Kier alpha value is -3.65. The molecule has 8 nitrogen and oxygen atoms in total. The number of ether oxygens (including phenoxy) is 1. The molecule has 2 aromatic rings. The highest BCUT2D eigenvalue weighted by Gasteiger charge is 2.17. The summed E-state index contributed by atoms with van der Waals surface area (Å²) < 4.78 is 5.27. The van der Waals surface area contributed by atoms with E-state index in [2.05, 4.69) is 26.6 Å². The number of rotatable bonds is 11. The zero-order chi connectivity index (χ0) is 27.3. The van der Waals surface area contributed by atoms with Gasteiger partial charge in [-0.05, 0) is 75.8 Å². The van der Waals surface area contributed by atoms with Crippen LogP contribution in [-0.4, -0.2) is 47.7 Å². The summed E-state index contributed by atoms with van der Waals surface area (Å²) in [5.74, 6) is 0.820. The van der Waals surface area contributed by atoms with Gasteiger partial charge in [0.15, 0.2) is 0 Å². The van der Waals surface area contributed by atoms with E-state index in [4.69, 9.17) is 21.7 Å². The lowest BCUT2D eigenvalue weighted by molar-refractivity contribution is -0.113. The van der Waals surface area contributed by atoms with Crippen LogP contribution in [0.2, 0.25) is 5.02 Å². The Morgan fingerprint density at radius 1 is 1.13 bits per heavy atom. The van der Waals surface area contributed by atoms with Crippen molar-refractivity contribution in [1.29, 1.82) is 5.41 Å². The first-order valence-corrected chi connectivity index (χ1v) is 13.3. The molecule has 0 spiro atoms. The smallest absolute Gasteiger partial charge is 0.259 e. The molecule has 2 amide bonds. The van der Waals surface area contributed by atoms with Gasteiger partial charge in [0.2, 0.25) is 0 Å². The molecule has 3 rings (SSSR count). The number of halogens is 1. The number of aromatic nitrogens is 1.